The van der Waals surface area contributed by atoms with Gasteiger partial charge in [-0.25, -0.2) is 0 Å². The molecule has 0 nitrogen and oxygen atoms in total. The number of hydrogen-bond acceptors (Lipinski definition) is 0. The first-order valence-electron chi connectivity index (χ1n) is 12.9. The summed E-state index contributed by atoms with van der Waals surface area (Å²) in [5, 5.41) is 0. The van der Waals surface area contributed by atoms with E-state index in [1.165, 1.54) is 55.7 Å². The molecule has 0 aromatic heterocycles. The number of allylic oxidation sites excluding steroid dienone is 3. The van der Waals surface area contributed by atoms with Gasteiger partial charge < -0.3 is 0 Å². The molecule has 0 bridgehead atoms. The number of aryl methyl sites for hydroxylation is 3. The molecule has 4 aromatic rings. The lowest BCUT2D eigenvalue weighted by Gasteiger charge is -2.30. The van der Waals surface area contributed by atoms with Crippen LogP contribution in [0.25, 0.3) is 18.2 Å². The molecule has 0 spiro atoms. The summed E-state index contributed by atoms with van der Waals surface area (Å²) in [7, 11) is 0. The molecule has 4 aromatic carbocycles. The fourth-order valence-electron chi connectivity index (χ4n) is 5.01. The Kier molecular flexibility index (Phi) is 7.14. The lowest BCUT2D eigenvalue weighted by Crippen LogP contribution is -2.12. The third-order valence-corrected chi connectivity index (χ3v) is 7.12. The monoisotopic (exact) mass is 466 g/mol. The molecule has 1 aliphatic rings. The van der Waals surface area contributed by atoms with Crippen LogP contribution < -0.4 is 0 Å². The standard InChI is InChI=1S/C36H34/c1-26-9-15-29(16-10-26)21-34-24-33(32-7-5-4-6-8-32)25-35(22-30-17-11-27(2)12-18-30)36(34)23-31-19-13-28(3)14-20-31/h4-23,33H,24-25H2,1-3H3/b34-21-,35-22+,36-23?. The molecule has 0 heterocycles. The van der Waals surface area contributed by atoms with Crippen molar-refractivity contribution >= 4 is 18.2 Å². The molecule has 178 valence electrons. The SMILES string of the molecule is Cc1ccc(C=C2/C(=C\c3ccc(C)cc3)CC(c3ccccc3)C/C2=C\c2ccc(C)cc2)cc1. The van der Waals surface area contributed by atoms with Gasteiger partial charge in [-0.15, -0.1) is 0 Å². The molecule has 36 heavy (non-hydrogen) atoms. The van der Waals surface area contributed by atoms with Crippen molar-refractivity contribution in [3.05, 3.63) is 159 Å². The average Bonchev–Trinajstić information content (AvgIpc) is 2.90. The van der Waals surface area contributed by atoms with Crippen molar-refractivity contribution in [2.24, 2.45) is 0 Å². The molecule has 0 N–H and O–H groups in total. The smallest absolute Gasteiger partial charge is 0.00806 e. The van der Waals surface area contributed by atoms with E-state index in [0.717, 1.165) is 12.8 Å². The fourth-order valence-corrected chi connectivity index (χ4v) is 5.01. The largest absolute Gasteiger partial charge is 0.0622 e. The van der Waals surface area contributed by atoms with Gasteiger partial charge in [0.25, 0.3) is 0 Å². The van der Waals surface area contributed by atoms with Gasteiger partial charge in [-0.1, -0.05) is 132 Å². The Morgan fingerprint density at radius 3 is 1.28 bits per heavy atom. The Balaban J connectivity index is 1.66. The van der Waals surface area contributed by atoms with E-state index in [9.17, 15) is 0 Å². The molecule has 1 fully saturated rings. The second-order valence-corrected chi connectivity index (χ2v) is 10.1. The van der Waals surface area contributed by atoms with Gasteiger partial charge in [0.2, 0.25) is 0 Å². The molecular formula is C36H34. The van der Waals surface area contributed by atoms with Crippen molar-refractivity contribution in [1.29, 1.82) is 0 Å². The maximum atomic E-state index is 2.40. The van der Waals surface area contributed by atoms with E-state index in [4.69, 9.17) is 0 Å². The second-order valence-electron chi connectivity index (χ2n) is 10.1. The summed E-state index contributed by atoms with van der Waals surface area (Å²) in [4.78, 5) is 0. The molecule has 0 aliphatic heterocycles. The second kappa shape index (κ2) is 10.8. The molecule has 0 radical (unpaired) electrons. The van der Waals surface area contributed by atoms with Crippen molar-refractivity contribution in [1.82, 2.24) is 0 Å². The van der Waals surface area contributed by atoms with E-state index in [-0.39, 0.29) is 0 Å². The van der Waals surface area contributed by atoms with Crippen LogP contribution in [0.15, 0.2) is 120 Å². The van der Waals surface area contributed by atoms with Gasteiger partial charge >= 0.3 is 0 Å². The van der Waals surface area contributed by atoms with Crippen molar-refractivity contribution in [3.8, 4) is 0 Å². The van der Waals surface area contributed by atoms with Crippen LogP contribution in [0.2, 0.25) is 0 Å². The normalized spacial score (nSPS) is 19.2. The van der Waals surface area contributed by atoms with E-state index in [2.05, 4.69) is 142 Å². The van der Waals surface area contributed by atoms with Gasteiger partial charge in [-0.2, -0.15) is 0 Å². The van der Waals surface area contributed by atoms with E-state index in [0.29, 0.717) is 5.92 Å². The number of rotatable bonds is 4. The van der Waals surface area contributed by atoms with Gasteiger partial charge in [0.15, 0.2) is 0 Å². The van der Waals surface area contributed by atoms with Crippen LogP contribution in [-0.2, 0) is 0 Å². The van der Waals surface area contributed by atoms with Crippen molar-refractivity contribution in [3.63, 3.8) is 0 Å². The van der Waals surface area contributed by atoms with Crippen LogP contribution in [0.1, 0.15) is 57.7 Å². The van der Waals surface area contributed by atoms with Crippen LogP contribution in [0.5, 0.6) is 0 Å². The van der Waals surface area contributed by atoms with Crippen LogP contribution in [0.4, 0.5) is 0 Å². The molecule has 1 saturated carbocycles. The van der Waals surface area contributed by atoms with Gasteiger partial charge in [0.1, 0.15) is 0 Å². The zero-order valence-corrected chi connectivity index (χ0v) is 21.5. The minimum Gasteiger partial charge on any atom is -0.0622 e. The topological polar surface area (TPSA) is 0 Å². The zero-order valence-electron chi connectivity index (χ0n) is 21.5. The van der Waals surface area contributed by atoms with Gasteiger partial charge in [-0.05, 0) is 84.6 Å². The molecule has 0 heteroatoms. The number of hydrogen-bond donors (Lipinski definition) is 0. The first kappa shape index (κ1) is 23.8. The third kappa shape index (κ3) is 5.83. The van der Waals surface area contributed by atoms with Gasteiger partial charge in [0.05, 0.1) is 0 Å². The average molecular weight is 467 g/mol. The van der Waals surface area contributed by atoms with Crippen LogP contribution in [-0.4, -0.2) is 0 Å². The summed E-state index contributed by atoms with van der Waals surface area (Å²) in [6.45, 7) is 6.44. The van der Waals surface area contributed by atoms with Crippen LogP contribution in [0.3, 0.4) is 0 Å². The molecule has 1 aliphatic carbocycles. The predicted molar refractivity (Wildman–Crippen MR) is 156 cm³/mol. The minimum absolute atomic E-state index is 0.453. The fraction of sp³-hybridized carbons (Fsp3) is 0.167. The Hall–Kier alpha value is -3.90. The minimum atomic E-state index is 0.453. The van der Waals surface area contributed by atoms with Crippen LogP contribution in [0, 0.1) is 20.8 Å². The molecule has 0 saturated heterocycles. The predicted octanol–water partition coefficient (Wildman–Crippen LogP) is 9.74. The highest BCUT2D eigenvalue weighted by molar-refractivity contribution is 5.77. The molecule has 0 amide bonds. The summed E-state index contributed by atoms with van der Waals surface area (Å²) in [6, 6.07) is 37.7. The summed E-state index contributed by atoms with van der Waals surface area (Å²) < 4.78 is 0. The quantitative estimate of drug-likeness (QED) is 0.281. The summed E-state index contributed by atoms with van der Waals surface area (Å²) >= 11 is 0. The molecule has 1 atom stereocenters. The molecular weight excluding hydrogens is 432 g/mol. The first-order chi connectivity index (χ1) is 17.5. The Labute approximate surface area is 216 Å². The van der Waals surface area contributed by atoms with Gasteiger partial charge in [-0.3, -0.25) is 0 Å². The summed E-state index contributed by atoms with van der Waals surface area (Å²) in [6.07, 6.45) is 9.25. The highest BCUT2D eigenvalue weighted by atomic mass is 14.3. The van der Waals surface area contributed by atoms with E-state index >= 15 is 0 Å². The maximum Gasteiger partial charge on any atom is -0.00806 e. The molecule has 1 unspecified atom stereocenters. The van der Waals surface area contributed by atoms with Crippen molar-refractivity contribution in [2.75, 3.05) is 0 Å². The third-order valence-electron chi connectivity index (χ3n) is 7.12. The van der Waals surface area contributed by atoms with Crippen molar-refractivity contribution in [2.45, 2.75) is 39.5 Å². The highest BCUT2D eigenvalue weighted by Crippen LogP contribution is 2.44. The zero-order chi connectivity index (χ0) is 24.9. The Morgan fingerprint density at radius 1 is 0.472 bits per heavy atom. The van der Waals surface area contributed by atoms with E-state index < -0.39 is 0 Å². The van der Waals surface area contributed by atoms with E-state index in [1.54, 1.807) is 0 Å². The number of benzene rings is 4. The lowest BCUT2D eigenvalue weighted by molar-refractivity contribution is 0.655. The molecule has 5 rings (SSSR count). The highest BCUT2D eigenvalue weighted by Gasteiger charge is 2.26. The first-order valence-corrected chi connectivity index (χ1v) is 12.9. The van der Waals surface area contributed by atoms with E-state index in [1.807, 2.05) is 0 Å². The maximum absolute atomic E-state index is 2.40. The van der Waals surface area contributed by atoms with Gasteiger partial charge in [0, 0.05) is 0 Å². The summed E-state index contributed by atoms with van der Waals surface area (Å²) in [5.74, 6) is 0.453. The Morgan fingerprint density at radius 2 is 0.861 bits per heavy atom. The summed E-state index contributed by atoms with van der Waals surface area (Å²) in [5.41, 5.74) is 13.2. The van der Waals surface area contributed by atoms with Crippen LogP contribution >= 0.6 is 0 Å². The lowest BCUT2D eigenvalue weighted by atomic mass is 9.74. The van der Waals surface area contributed by atoms with Crippen molar-refractivity contribution < 1.29 is 0 Å². The Bertz CT molecular complexity index is 1330.